The lowest BCUT2D eigenvalue weighted by atomic mass is 9.95. The van der Waals surface area contributed by atoms with Crippen molar-refractivity contribution in [3.63, 3.8) is 0 Å². The number of carbonyl (C=O) groups is 1. The van der Waals surface area contributed by atoms with Gasteiger partial charge in [-0.25, -0.2) is 4.79 Å². The zero-order chi connectivity index (χ0) is 12.5. The minimum Gasteiger partial charge on any atom is -0.478 e. The Labute approximate surface area is 96.4 Å². The van der Waals surface area contributed by atoms with Crippen LogP contribution < -0.4 is 0 Å². The average Bonchev–Trinajstić information content (AvgIpc) is 2.38. The molecule has 0 fully saturated rings. The maximum atomic E-state index is 11.0. The van der Waals surface area contributed by atoms with Crippen LogP contribution >= 0.6 is 0 Å². The second-order valence-corrected chi connectivity index (χ2v) is 5.17. The van der Waals surface area contributed by atoms with Gasteiger partial charge in [0.25, 0.3) is 0 Å². The van der Waals surface area contributed by atoms with Crippen LogP contribution in [-0.4, -0.2) is 15.6 Å². The highest BCUT2D eigenvalue weighted by molar-refractivity contribution is 5.90. The number of hydrogen-bond donors (Lipinski definition) is 1. The zero-order valence-corrected chi connectivity index (χ0v) is 10.5. The predicted octanol–water partition coefficient (Wildman–Crippen LogP) is 3.09. The number of aryl methyl sites for hydroxylation is 1. The van der Waals surface area contributed by atoms with Crippen LogP contribution in [0.2, 0.25) is 0 Å². The number of nitrogens with zero attached hydrogens (tertiary/aromatic N) is 1. The van der Waals surface area contributed by atoms with Crippen molar-refractivity contribution in [2.24, 2.45) is 12.5 Å². The van der Waals surface area contributed by atoms with Crippen LogP contribution in [-0.2, 0) is 7.05 Å². The molecule has 0 saturated carbocycles. The second kappa shape index (κ2) is 4.16. The fraction of sp³-hybridized carbons (Fsp3) is 0.462. The van der Waals surface area contributed by atoms with Crippen molar-refractivity contribution in [2.75, 3.05) is 0 Å². The first kappa shape index (κ1) is 12.6. The first-order chi connectivity index (χ1) is 7.22. The van der Waals surface area contributed by atoms with Crippen LogP contribution in [0.3, 0.4) is 0 Å². The molecule has 0 aromatic carbocycles. The highest BCUT2D eigenvalue weighted by atomic mass is 16.4. The summed E-state index contributed by atoms with van der Waals surface area (Å²) in [5, 5.41) is 8.99. The SMILES string of the molecule is Cc1c(C(=O)O)cn(C)c1/C=C/C(C)(C)C. The van der Waals surface area contributed by atoms with Crippen LogP contribution in [0.25, 0.3) is 6.08 Å². The molecule has 1 heterocycles. The Morgan fingerprint density at radius 1 is 1.44 bits per heavy atom. The molecule has 1 aromatic rings. The molecular formula is C13H19NO2. The summed E-state index contributed by atoms with van der Waals surface area (Å²) < 4.78 is 1.85. The lowest BCUT2D eigenvalue weighted by molar-refractivity contribution is 0.0696. The van der Waals surface area contributed by atoms with E-state index in [1.165, 1.54) is 0 Å². The quantitative estimate of drug-likeness (QED) is 0.833. The molecule has 1 aromatic heterocycles. The van der Waals surface area contributed by atoms with Gasteiger partial charge in [0.1, 0.15) is 0 Å². The number of hydrogen-bond acceptors (Lipinski definition) is 1. The molecule has 0 amide bonds. The first-order valence-corrected chi connectivity index (χ1v) is 5.31. The molecule has 0 spiro atoms. The van der Waals surface area contributed by atoms with E-state index in [2.05, 4.69) is 26.8 Å². The Morgan fingerprint density at radius 3 is 2.38 bits per heavy atom. The van der Waals surface area contributed by atoms with Gasteiger partial charge in [-0.15, -0.1) is 0 Å². The lowest BCUT2D eigenvalue weighted by Crippen LogP contribution is -1.99. The van der Waals surface area contributed by atoms with E-state index in [9.17, 15) is 4.79 Å². The standard InChI is InChI=1S/C13H19NO2/c1-9-10(12(15)16)8-14(5)11(9)6-7-13(2,3)4/h6-8H,1-5H3,(H,15,16)/b7-6+. The fourth-order valence-corrected chi connectivity index (χ4v) is 1.55. The van der Waals surface area contributed by atoms with E-state index < -0.39 is 5.97 Å². The van der Waals surface area contributed by atoms with Gasteiger partial charge in [-0.2, -0.15) is 0 Å². The van der Waals surface area contributed by atoms with Crippen molar-refractivity contribution in [3.8, 4) is 0 Å². The molecule has 88 valence electrons. The molecule has 0 aliphatic carbocycles. The lowest BCUT2D eigenvalue weighted by Gasteiger charge is -2.11. The molecule has 0 unspecified atom stereocenters. The van der Waals surface area contributed by atoms with Gasteiger partial charge in [-0.1, -0.05) is 26.8 Å². The van der Waals surface area contributed by atoms with Gasteiger partial charge < -0.3 is 9.67 Å². The molecule has 0 aliphatic rings. The van der Waals surface area contributed by atoms with Gasteiger partial charge >= 0.3 is 5.97 Å². The number of aromatic nitrogens is 1. The summed E-state index contributed by atoms with van der Waals surface area (Å²) in [6.07, 6.45) is 5.72. The zero-order valence-electron chi connectivity index (χ0n) is 10.5. The number of carboxylic acid groups (broad SMARTS) is 1. The molecule has 0 saturated heterocycles. The molecular weight excluding hydrogens is 202 g/mol. The van der Waals surface area contributed by atoms with Crippen LogP contribution in [0, 0.1) is 12.3 Å². The van der Waals surface area contributed by atoms with Crippen LogP contribution in [0.5, 0.6) is 0 Å². The maximum absolute atomic E-state index is 11.0. The van der Waals surface area contributed by atoms with E-state index in [0.29, 0.717) is 5.56 Å². The molecule has 1 N–H and O–H groups in total. The van der Waals surface area contributed by atoms with E-state index in [-0.39, 0.29) is 5.41 Å². The minimum absolute atomic E-state index is 0.0973. The Hall–Kier alpha value is -1.51. The van der Waals surface area contributed by atoms with E-state index >= 15 is 0 Å². The third-order valence-electron chi connectivity index (χ3n) is 2.46. The second-order valence-electron chi connectivity index (χ2n) is 5.17. The average molecular weight is 221 g/mol. The Morgan fingerprint density at radius 2 is 2.00 bits per heavy atom. The van der Waals surface area contributed by atoms with E-state index in [1.807, 2.05) is 24.6 Å². The van der Waals surface area contributed by atoms with E-state index in [0.717, 1.165) is 11.3 Å². The molecule has 0 atom stereocenters. The molecule has 1 rings (SSSR count). The largest absolute Gasteiger partial charge is 0.478 e. The molecule has 0 aliphatic heterocycles. The Balaban J connectivity index is 3.16. The normalized spacial score (nSPS) is 12.3. The summed E-state index contributed by atoms with van der Waals surface area (Å²) in [4.78, 5) is 11.0. The van der Waals surface area contributed by atoms with E-state index in [1.54, 1.807) is 6.20 Å². The van der Waals surface area contributed by atoms with Crippen LogP contribution in [0.4, 0.5) is 0 Å². The molecule has 0 bridgehead atoms. The van der Waals surface area contributed by atoms with Gasteiger partial charge in [-0.05, 0) is 24.0 Å². The van der Waals surface area contributed by atoms with Crippen LogP contribution in [0.1, 0.15) is 42.4 Å². The minimum atomic E-state index is -0.872. The number of allylic oxidation sites excluding steroid dienone is 1. The van der Waals surface area contributed by atoms with Crippen molar-refractivity contribution in [3.05, 3.63) is 29.1 Å². The van der Waals surface area contributed by atoms with Crippen molar-refractivity contribution >= 4 is 12.0 Å². The highest BCUT2D eigenvalue weighted by Gasteiger charge is 2.14. The summed E-state index contributed by atoms with van der Waals surface area (Å²) in [5.41, 5.74) is 2.24. The number of carboxylic acids is 1. The summed E-state index contributed by atoms with van der Waals surface area (Å²) in [6.45, 7) is 8.17. The summed E-state index contributed by atoms with van der Waals surface area (Å²) in [5.74, 6) is -0.872. The fourth-order valence-electron chi connectivity index (χ4n) is 1.55. The summed E-state index contributed by atoms with van der Waals surface area (Å²) in [7, 11) is 1.86. The third kappa shape index (κ3) is 2.75. The number of aromatic carboxylic acids is 1. The van der Waals surface area contributed by atoms with Crippen molar-refractivity contribution in [1.29, 1.82) is 0 Å². The maximum Gasteiger partial charge on any atom is 0.337 e. The topological polar surface area (TPSA) is 42.2 Å². The predicted molar refractivity (Wildman–Crippen MR) is 65.6 cm³/mol. The van der Waals surface area contributed by atoms with Gasteiger partial charge in [0.15, 0.2) is 0 Å². The highest BCUT2D eigenvalue weighted by Crippen LogP contribution is 2.21. The van der Waals surface area contributed by atoms with Gasteiger partial charge in [0.05, 0.1) is 5.56 Å². The Kier molecular flexibility index (Phi) is 3.27. The Bertz CT molecular complexity index is 434. The monoisotopic (exact) mass is 221 g/mol. The van der Waals surface area contributed by atoms with Gasteiger partial charge in [0, 0.05) is 18.9 Å². The van der Waals surface area contributed by atoms with Crippen molar-refractivity contribution in [2.45, 2.75) is 27.7 Å². The number of rotatable bonds is 2. The van der Waals surface area contributed by atoms with Crippen molar-refractivity contribution in [1.82, 2.24) is 4.57 Å². The smallest absolute Gasteiger partial charge is 0.337 e. The third-order valence-corrected chi connectivity index (χ3v) is 2.46. The summed E-state index contributed by atoms with van der Waals surface area (Å²) in [6, 6.07) is 0. The first-order valence-electron chi connectivity index (χ1n) is 5.31. The summed E-state index contributed by atoms with van der Waals surface area (Å²) >= 11 is 0. The molecule has 16 heavy (non-hydrogen) atoms. The molecule has 0 radical (unpaired) electrons. The van der Waals surface area contributed by atoms with Crippen LogP contribution in [0.15, 0.2) is 12.3 Å². The van der Waals surface area contributed by atoms with Gasteiger partial charge in [0.2, 0.25) is 0 Å². The van der Waals surface area contributed by atoms with Crippen molar-refractivity contribution < 1.29 is 9.90 Å². The molecule has 3 nitrogen and oxygen atoms in total. The van der Waals surface area contributed by atoms with E-state index in [4.69, 9.17) is 5.11 Å². The molecule has 3 heteroatoms. The van der Waals surface area contributed by atoms with Gasteiger partial charge in [-0.3, -0.25) is 0 Å².